The van der Waals surface area contributed by atoms with Crippen molar-refractivity contribution in [3.63, 3.8) is 0 Å². The van der Waals surface area contributed by atoms with Gasteiger partial charge in [0.25, 0.3) is 0 Å². The molecule has 1 rings (SSSR count). The number of nitrogens with zero attached hydrogens (tertiary/aromatic N) is 1. The maximum atomic E-state index is 11.8. The first-order valence-electron chi connectivity index (χ1n) is 7.30. The first-order valence-corrected chi connectivity index (χ1v) is 7.30. The Morgan fingerprint density at radius 2 is 1.75 bits per heavy atom. The van der Waals surface area contributed by atoms with E-state index < -0.39 is 11.4 Å². The third-order valence-corrected chi connectivity index (χ3v) is 3.73. The fraction of sp³-hybridized carbons (Fsp3) is 0.588. The van der Waals surface area contributed by atoms with Gasteiger partial charge >= 0.3 is 5.97 Å². The number of benzene rings is 1. The van der Waals surface area contributed by atoms with Crippen LogP contribution in [0.1, 0.15) is 40.2 Å². The van der Waals surface area contributed by atoms with Gasteiger partial charge in [-0.15, -0.1) is 0 Å². The molecule has 1 atom stereocenters. The van der Waals surface area contributed by atoms with Crippen LogP contribution >= 0.6 is 0 Å². The molecule has 0 aliphatic heterocycles. The lowest BCUT2D eigenvalue weighted by molar-refractivity contribution is -0.144. The topological polar surface area (TPSA) is 40.5 Å². The van der Waals surface area contributed by atoms with Crippen LogP contribution in [0.25, 0.3) is 0 Å². The highest BCUT2D eigenvalue weighted by atomic mass is 16.4. The van der Waals surface area contributed by atoms with Gasteiger partial charge in [-0.2, -0.15) is 0 Å². The Morgan fingerprint density at radius 3 is 2.15 bits per heavy atom. The smallest absolute Gasteiger partial charge is 0.315 e. The molecular weight excluding hydrogens is 250 g/mol. The normalized spacial score (nSPS) is 14.8. The largest absolute Gasteiger partial charge is 0.481 e. The summed E-state index contributed by atoms with van der Waals surface area (Å²) in [4.78, 5) is 14.1. The van der Waals surface area contributed by atoms with Crippen molar-refractivity contribution >= 4 is 5.97 Å². The van der Waals surface area contributed by atoms with Crippen LogP contribution in [0, 0.1) is 5.92 Å². The Bertz CT molecular complexity index is 428. The highest BCUT2D eigenvalue weighted by Gasteiger charge is 2.37. The molecule has 20 heavy (non-hydrogen) atoms. The third kappa shape index (κ3) is 4.07. The van der Waals surface area contributed by atoms with Crippen LogP contribution in [-0.2, 0) is 10.2 Å². The van der Waals surface area contributed by atoms with Crippen LogP contribution in [-0.4, -0.2) is 35.1 Å². The van der Waals surface area contributed by atoms with E-state index >= 15 is 0 Å². The van der Waals surface area contributed by atoms with Crippen molar-refractivity contribution in [1.29, 1.82) is 0 Å². The Balaban J connectivity index is 3.05. The van der Waals surface area contributed by atoms with E-state index in [0.717, 1.165) is 12.1 Å². The van der Waals surface area contributed by atoms with E-state index in [4.69, 9.17) is 0 Å². The summed E-state index contributed by atoms with van der Waals surface area (Å²) in [6, 6.07) is 9.86. The summed E-state index contributed by atoms with van der Waals surface area (Å²) in [6.07, 6.45) is 0. The molecule has 0 bridgehead atoms. The van der Waals surface area contributed by atoms with Crippen LogP contribution in [0.2, 0.25) is 0 Å². The molecule has 0 saturated heterocycles. The summed E-state index contributed by atoms with van der Waals surface area (Å²) in [5.74, 6) is -0.246. The van der Waals surface area contributed by atoms with Crippen molar-refractivity contribution in [2.45, 2.75) is 46.1 Å². The average molecular weight is 277 g/mol. The van der Waals surface area contributed by atoms with Crippen LogP contribution in [0.3, 0.4) is 0 Å². The molecule has 0 aliphatic rings. The predicted molar refractivity (Wildman–Crippen MR) is 83.0 cm³/mol. The molecule has 1 unspecified atom stereocenters. The molecule has 0 amide bonds. The van der Waals surface area contributed by atoms with E-state index in [2.05, 4.69) is 32.6 Å². The minimum absolute atomic E-state index is 0.333. The number of carboxylic acids is 1. The predicted octanol–water partition coefficient (Wildman–Crippen LogP) is 3.40. The van der Waals surface area contributed by atoms with Gasteiger partial charge in [0, 0.05) is 19.1 Å². The summed E-state index contributed by atoms with van der Waals surface area (Å²) in [5.41, 5.74) is -0.0117. The number of aliphatic carboxylic acids is 1. The second-order valence-electron chi connectivity index (χ2n) is 6.42. The Morgan fingerprint density at radius 1 is 1.20 bits per heavy atom. The molecule has 0 aliphatic carbocycles. The Kier molecular flexibility index (Phi) is 5.75. The van der Waals surface area contributed by atoms with Crippen molar-refractivity contribution in [3.8, 4) is 0 Å². The fourth-order valence-corrected chi connectivity index (χ4v) is 2.42. The van der Waals surface area contributed by atoms with Crippen molar-refractivity contribution < 1.29 is 9.90 Å². The van der Waals surface area contributed by atoms with Gasteiger partial charge in [-0.05, 0) is 32.3 Å². The van der Waals surface area contributed by atoms with E-state index in [0.29, 0.717) is 18.5 Å². The molecule has 0 heterocycles. The minimum atomic E-state index is -0.875. The van der Waals surface area contributed by atoms with Gasteiger partial charge in [-0.25, -0.2) is 0 Å². The average Bonchev–Trinajstić information content (AvgIpc) is 2.38. The molecule has 3 nitrogen and oxygen atoms in total. The first-order chi connectivity index (χ1) is 9.27. The van der Waals surface area contributed by atoms with Gasteiger partial charge in [0.1, 0.15) is 5.41 Å². The molecule has 0 fully saturated rings. The van der Waals surface area contributed by atoms with Crippen molar-refractivity contribution in [2.75, 3.05) is 13.1 Å². The van der Waals surface area contributed by atoms with E-state index in [1.807, 2.05) is 37.3 Å². The van der Waals surface area contributed by atoms with Gasteiger partial charge in [0.2, 0.25) is 0 Å². The second kappa shape index (κ2) is 6.89. The molecule has 0 saturated carbocycles. The van der Waals surface area contributed by atoms with Gasteiger partial charge in [-0.3, -0.25) is 9.69 Å². The number of hydrogen-bond donors (Lipinski definition) is 1. The molecule has 0 radical (unpaired) electrons. The molecule has 1 aromatic carbocycles. The standard InChI is InChI=1S/C17H27NO2/c1-13(2)11-18(14(3)4)12-17(5,16(19)20)15-9-7-6-8-10-15/h6-10,13-14H,11-12H2,1-5H3,(H,19,20). The Labute approximate surface area is 122 Å². The quantitative estimate of drug-likeness (QED) is 0.830. The highest BCUT2D eigenvalue weighted by molar-refractivity contribution is 5.81. The zero-order chi connectivity index (χ0) is 15.3. The van der Waals surface area contributed by atoms with Crippen LogP contribution in [0.4, 0.5) is 0 Å². The van der Waals surface area contributed by atoms with Crippen molar-refractivity contribution in [2.24, 2.45) is 5.92 Å². The summed E-state index contributed by atoms with van der Waals surface area (Å²) in [5, 5.41) is 9.72. The molecule has 112 valence electrons. The van der Waals surface area contributed by atoms with Gasteiger partial charge in [0.15, 0.2) is 0 Å². The number of carboxylic acid groups (broad SMARTS) is 1. The van der Waals surface area contributed by atoms with Crippen LogP contribution in [0.5, 0.6) is 0 Å². The summed E-state index contributed by atoms with van der Waals surface area (Å²) in [6.45, 7) is 11.8. The molecule has 0 aromatic heterocycles. The zero-order valence-electron chi connectivity index (χ0n) is 13.3. The lowest BCUT2D eigenvalue weighted by Gasteiger charge is -2.36. The SMILES string of the molecule is CC(C)CN(CC(C)(C(=O)O)c1ccccc1)C(C)C. The van der Waals surface area contributed by atoms with Crippen LogP contribution < -0.4 is 0 Å². The van der Waals surface area contributed by atoms with Crippen molar-refractivity contribution in [3.05, 3.63) is 35.9 Å². The van der Waals surface area contributed by atoms with E-state index in [-0.39, 0.29) is 0 Å². The number of rotatable bonds is 7. The number of carbonyl (C=O) groups is 1. The fourth-order valence-electron chi connectivity index (χ4n) is 2.42. The molecular formula is C17H27NO2. The third-order valence-electron chi connectivity index (χ3n) is 3.73. The maximum absolute atomic E-state index is 11.8. The Hall–Kier alpha value is -1.35. The monoisotopic (exact) mass is 277 g/mol. The lowest BCUT2D eigenvalue weighted by Crippen LogP contribution is -2.48. The van der Waals surface area contributed by atoms with Gasteiger partial charge in [0.05, 0.1) is 0 Å². The highest BCUT2D eigenvalue weighted by Crippen LogP contribution is 2.26. The summed E-state index contributed by atoms with van der Waals surface area (Å²) >= 11 is 0. The number of hydrogen-bond acceptors (Lipinski definition) is 2. The van der Waals surface area contributed by atoms with E-state index in [1.165, 1.54) is 0 Å². The zero-order valence-corrected chi connectivity index (χ0v) is 13.3. The van der Waals surface area contributed by atoms with Gasteiger partial charge in [-0.1, -0.05) is 44.2 Å². The molecule has 1 aromatic rings. The minimum Gasteiger partial charge on any atom is -0.481 e. The van der Waals surface area contributed by atoms with E-state index in [9.17, 15) is 9.90 Å². The second-order valence-corrected chi connectivity index (χ2v) is 6.42. The first kappa shape index (κ1) is 16.7. The summed E-state index contributed by atoms with van der Waals surface area (Å²) in [7, 11) is 0. The molecule has 3 heteroatoms. The van der Waals surface area contributed by atoms with Gasteiger partial charge < -0.3 is 5.11 Å². The van der Waals surface area contributed by atoms with E-state index in [1.54, 1.807) is 0 Å². The molecule has 0 spiro atoms. The molecule has 1 N–H and O–H groups in total. The van der Waals surface area contributed by atoms with Crippen molar-refractivity contribution in [1.82, 2.24) is 4.90 Å². The van der Waals surface area contributed by atoms with Crippen LogP contribution in [0.15, 0.2) is 30.3 Å². The lowest BCUT2D eigenvalue weighted by atomic mass is 9.81. The summed E-state index contributed by atoms with van der Waals surface area (Å²) < 4.78 is 0. The maximum Gasteiger partial charge on any atom is 0.315 e.